The molecular weight excluding hydrogens is 472 g/mol. The van der Waals surface area contributed by atoms with Gasteiger partial charge in [-0.3, -0.25) is 0 Å². The molecule has 29 heavy (non-hydrogen) atoms. The van der Waals surface area contributed by atoms with Crippen LogP contribution in [0.2, 0.25) is 0 Å². The van der Waals surface area contributed by atoms with Crippen LogP contribution in [0, 0.1) is 0 Å². The van der Waals surface area contributed by atoms with Crippen molar-refractivity contribution in [2.75, 3.05) is 6.54 Å². The lowest BCUT2D eigenvalue weighted by molar-refractivity contribution is 0.384. The van der Waals surface area contributed by atoms with Crippen molar-refractivity contribution in [2.24, 2.45) is 0 Å². The summed E-state index contributed by atoms with van der Waals surface area (Å²) in [6.45, 7) is 0.467. The highest BCUT2D eigenvalue weighted by Gasteiger charge is 2.39. The minimum Gasteiger partial charge on any atom is -0.341 e. The molecule has 3 heterocycles. The summed E-state index contributed by atoms with van der Waals surface area (Å²) in [7, 11) is -3.71. The normalized spacial score (nSPS) is 17.9. The summed E-state index contributed by atoms with van der Waals surface area (Å²) in [5.74, 6) is 0.690. The van der Waals surface area contributed by atoms with Crippen molar-refractivity contribution in [2.45, 2.75) is 23.9 Å². The molecule has 9 heteroatoms. The third-order valence-electron chi connectivity index (χ3n) is 5.07. The Morgan fingerprint density at radius 2 is 1.90 bits per heavy atom. The molecule has 0 bridgehead atoms. The summed E-state index contributed by atoms with van der Waals surface area (Å²) in [5.41, 5.74) is 2.66. The minimum absolute atomic E-state index is 0.100. The van der Waals surface area contributed by atoms with Crippen LogP contribution >= 0.6 is 27.3 Å². The van der Waals surface area contributed by atoms with Crippen LogP contribution < -0.4 is 0 Å². The Kier molecular flexibility index (Phi) is 4.78. The van der Waals surface area contributed by atoms with Gasteiger partial charge in [0, 0.05) is 22.0 Å². The molecule has 0 amide bonds. The molecule has 0 saturated carbocycles. The van der Waals surface area contributed by atoms with E-state index in [1.165, 1.54) is 15.6 Å². The van der Waals surface area contributed by atoms with Crippen LogP contribution in [0.15, 0.2) is 63.4 Å². The van der Waals surface area contributed by atoms with Crippen molar-refractivity contribution < 1.29 is 8.42 Å². The zero-order valence-corrected chi connectivity index (χ0v) is 18.5. The molecule has 1 fully saturated rings. The number of para-hydroxylation sites is 2. The van der Waals surface area contributed by atoms with E-state index in [4.69, 9.17) is 0 Å². The van der Waals surface area contributed by atoms with Crippen molar-refractivity contribution in [3.05, 3.63) is 64.2 Å². The average Bonchev–Trinajstić information content (AvgIpc) is 3.46. The lowest BCUT2D eigenvalue weighted by Gasteiger charge is -2.21. The molecule has 6 nitrogen and oxygen atoms in total. The van der Waals surface area contributed by atoms with E-state index in [1.54, 1.807) is 5.38 Å². The van der Waals surface area contributed by atoms with Gasteiger partial charge in [-0.25, -0.2) is 18.4 Å². The summed E-state index contributed by atoms with van der Waals surface area (Å²) in [4.78, 5) is 12.4. The van der Waals surface area contributed by atoms with Gasteiger partial charge < -0.3 is 4.98 Å². The Hall–Kier alpha value is -2.07. The summed E-state index contributed by atoms with van der Waals surface area (Å²) in [5, 5.41) is 2.42. The molecule has 0 spiro atoms. The van der Waals surface area contributed by atoms with Gasteiger partial charge in [-0.15, -0.1) is 11.3 Å². The van der Waals surface area contributed by atoms with Gasteiger partial charge in [-0.05, 0) is 37.1 Å². The van der Waals surface area contributed by atoms with Crippen LogP contribution in [0.4, 0.5) is 0 Å². The first-order valence-electron chi connectivity index (χ1n) is 9.20. The van der Waals surface area contributed by atoms with Crippen LogP contribution in [0.1, 0.15) is 24.7 Å². The van der Waals surface area contributed by atoms with Crippen LogP contribution in [-0.2, 0) is 10.0 Å². The summed E-state index contributed by atoms with van der Waals surface area (Å²) in [6, 6.07) is 15.1. The molecule has 4 aromatic rings. The minimum atomic E-state index is -3.71. The summed E-state index contributed by atoms with van der Waals surface area (Å²) in [6.07, 6.45) is 1.54. The SMILES string of the molecule is O=S(=O)(c1csc(-c2ccc(Br)cc2)n1)N1CCCC1c1nc2ccccc2[nH]1. The summed E-state index contributed by atoms with van der Waals surface area (Å²) >= 11 is 4.75. The smallest absolute Gasteiger partial charge is 0.262 e. The number of fused-ring (bicyclic) bond motifs is 1. The Bertz CT molecular complexity index is 1250. The molecule has 148 valence electrons. The number of nitrogens with zero attached hydrogens (tertiary/aromatic N) is 3. The second kappa shape index (κ2) is 7.32. The van der Waals surface area contributed by atoms with E-state index in [1.807, 2.05) is 48.5 Å². The van der Waals surface area contributed by atoms with Gasteiger partial charge in [0.25, 0.3) is 10.0 Å². The molecule has 2 aromatic carbocycles. The Labute approximate surface area is 180 Å². The van der Waals surface area contributed by atoms with Crippen molar-refractivity contribution in [3.63, 3.8) is 0 Å². The highest BCUT2D eigenvalue weighted by molar-refractivity contribution is 9.10. The predicted octanol–water partition coefficient (Wildman–Crippen LogP) is 4.97. The van der Waals surface area contributed by atoms with E-state index >= 15 is 0 Å². The molecule has 1 N–H and O–H groups in total. The van der Waals surface area contributed by atoms with Gasteiger partial charge in [-0.2, -0.15) is 4.31 Å². The van der Waals surface area contributed by atoms with E-state index in [-0.39, 0.29) is 11.1 Å². The molecule has 5 rings (SSSR count). The lowest BCUT2D eigenvalue weighted by atomic mass is 10.2. The van der Waals surface area contributed by atoms with E-state index < -0.39 is 10.0 Å². The van der Waals surface area contributed by atoms with Gasteiger partial charge in [0.05, 0.1) is 17.1 Å². The number of hydrogen-bond acceptors (Lipinski definition) is 5. The number of benzene rings is 2. The standard InChI is InChI=1S/C20H17BrN4O2S2/c21-14-9-7-13(8-10-14)20-24-18(12-28-20)29(26,27)25-11-3-6-17(25)19-22-15-4-1-2-5-16(15)23-19/h1-2,4-5,7-10,12,17H,3,6,11H2,(H,22,23). The van der Waals surface area contributed by atoms with Crippen molar-refractivity contribution in [3.8, 4) is 10.6 Å². The first-order chi connectivity index (χ1) is 14.0. The number of halogens is 1. The monoisotopic (exact) mass is 488 g/mol. The second-order valence-corrected chi connectivity index (χ2v) is 10.5. The number of H-pyrrole nitrogens is 1. The number of nitrogens with one attached hydrogen (secondary N) is 1. The molecule has 0 radical (unpaired) electrons. The summed E-state index contributed by atoms with van der Waals surface area (Å²) < 4.78 is 29.2. The fourth-order valence-electron chi connectivity index (χ4n) is 3.65. The van der Waals surface area contributed by atoms with Crippen LogP contribution in [0.25, 0.3) is 21.6 Å². The van der Waals surface area contributed by atoms with Gasteiger partial charge in [0.15, 0.2) is 5.03 Å². The lowest BCUT2D eigenvalue weighted by Crippen LogP contribution is -2.31. The number of aromatic amines is 1. The van der Waals surface area contributed by atoms with E-state index in [0.717, 1.165) is 33.9 Å². The average molecular weight is 489 g/mol. The fraction of sp³-hybridized carbons (Fsp3) is 0.200. The fourth-order valence-corrected chi connectivity index (χ4v) is 6.65. The van der Waals surface area contributed by atoms with Crippen LogP contribution in [-0.4, -0.2) is 34.2 Å². The largest absolute Gasteiger partial charge is 0.341 e. The number of thiazole rings is 1. The molecule has 1 aliphatic heterocycles. The highest BCUT2D eigenvalue weighted by Crippen LogP contribution is 2.37. The molecule has 0 aliphatic carbocycles. The predicted molar refractivity (Wildman–Crippen MR) is 117 cm³/mol. The third-order valence-corrected chi connectivity index (χ3v) is 8.44. The molecule has 1 atom stereocenters. The van der Waals surface area contributed by atoms with Crippen molar-refractivity contribution >= 4 is 48.3 Å². The number of rotatable bonds is 4. The number of hydrogen-bond donors (Lipinski definition) is 1. The van der Waals surface area contributed by atoms with E-state index in [2.05, 4.69) is 30.9 Å². The van der Waals surface area contributed by atoms with Crippen LogP contribution in [0.3, 0.4) is 0 Å². The third kappa shape index (κ3) is 3.42. The molecule has 1 unspecified atom stereocenters. The first kappa shape index (κ1) is 18.9. The Morgan fingerprint density at radius 3 is 2.69 bits per heavy atom. The first-order valence-corrected chi connectivity index (χ1v) is 12.3. The van der Waals surface area contributed by atoms with Gasteiger partial charge in [0.1, 0.15) is 10.8 Å². The van der Waals surface area contributed by atoms with Gasteiger partial charge in [0.2, 0.25) is 0 Å². The zero-order chi connectivity index (χ0) is 20.0. The number of aromatic nitrogens is 3. The number of sulfonamides is 1. The second-order valence-electron chi connectivity index (χ2n) is 6.91. The molecule has 1 aliphatic rings. The maximum Gasteiger partial charge on any atom is 0.262 e. The van der Waals surface area contributed by atoms with Gasteiger partial charge >= 0.3 is 0 Å². The zero-order valence-electron chi connectivity index (χ0n) is 15.2. The highest BCUT2D eigenvalue weighted by atomic mass is 79.9. The quantitative estimate of drug-likeness (QED) is 0.439. The Morgan fingerprint density at radius 1 is 1.10 bits per heavy atom. The molecular formula is C20H17BrN4O2S2. The maximum atomic E-state index is 13.4. The van der Waals surface area contributed by atoms with Crippen molar-refractivity contribution in [1.82, 2.24) is 19.3 Å². The number of imidazole rings is 1. The topological polar surface area (TPSA) is 79.0 Å². The van der Waals surface area contributed by atoms with E-state index in [0.29, 0.717) is 17.4 Å². The molecule has 2 aromatic heterocycles. The van der Waals surface area contributed by atoms with Gasteiger partial charge in [-0.1, -0.05) is 40.2 Å². The van der Waals surface area contributed by atoms with Crippen LogP contribution in [0.5, 0.6) is 0 Å². The molecule has 1 saturated heterocycles. The maximum absolute atomic E-state index is 13.4. The Balaban J connectivity index is 1.48. The van der Waals surface area contributed by atoms with Crippen molar-refractivity contribution in [1.29, 1.82) is 0 Å². The van der Waals surface area contributed by atoms with E-state index in [9.17, 15) is 8.42 Å².